The predicted octanol–water partition coefficient (Wildman–Crippen LogP) is 4.30. The zero-order valence-corrected chi connectivity index (χ0v) is 13.7. The maximum Gasteiger partial charge on any atom is 0.128 e. The van der Waals surface area contributed by atoms with Crippen LogP contribution in [0.15, 0.2) is 36.5 Å². The molecule has 0 amide bonds. The summed E-state index contributed by atoms with van der Waals surface area (Å²) in [6.07, 6.45) is 7.40. The van der Waals surface area contributed by atoms with Gasteiger partial charge in [-0.25, -0.2) is 14.4 Å². The average Bonchev–Trinajstić information content (AvgIpc) is 2.80. The fourth-order valence-electron chi connectivity index (χ4n) is 3.36. The smallest absolute Gasteiger partial charge is 0.128 e. The summed E-state index contributed by atoms with van der Waals surface area (Å²) in [5.74, 6) is 0.738. The third-order valence-corrected chi connectivity index (χ3v) is 4.54. The number of nitrogens with zero attached hydrogens (tertiary/aromatic N) is 3. The van der Waals surface area contributed by atoms with E-state index in [1.165, 1.54) is 25.3 Å². The van der Waals surface area contributed by atoms with Gasteiger partial charge in [0.05, 0.1) is 5.69 Å². The Morgan fingerprint density at radius 1 is 1.22 bits per heavy atom. The molecule has 1 aromatic heterocycles. The molecule has 2 aromatic rings. The van der Waals surface area contributed by atoms with Crippen LogP contribution in [0.2, 0.25) is 0 Å². The van der Waals surface area contributed by atoms with Crippen LogP contribution in [0.4, 0.5) is 4.39 Å². The second-order valence-electron chi connectivity index (χ2n) is 6.21. The Morgan fingerprint density at radius 2 is 2.13 bits per heavy atom. The quantitative estimate of drug-likeness (QED) is 0.843. The maximum absolute atomic E-state index is 13.6. The van der Waals surface area contributed by atoms with Crippen LogP contribution in [0, 0.1) is 5.82 Å². The van der Waals surface area contributed by atoms with E-state index in [2.05, 4.69) is 21.8 Å². The Balaban J connectivity index is 1.83. The van der Waals surface area contributed by atoms with Crippen LogP contribution in [0.1, 0.15) is 55.7 Å². The monoisotopic (exact) mass is 313 g/mol. The van der Waals surface area contributed by atoms with Gasteiger partial charge in [0, 0.05) is 25.2 Å². The van der Waals surface area contributed by atoms with Gasteiger partial charge in [-0.1, -0.05) is 31.9 Å². The van der Waals surface area contributed by atoms with Gasteiger partial charge in [0.15, 0.2) is 0 Å². The van der Waals surface area contributed by atoms with Crippen molar-refractivity contribution in [3.63, 3.8) is 0 Å². The van der Waals surface area contributed by atoms with Crippen molar-refractivity contribution in [1.29, 1.82) is 0 Å². The second-order valence-corrected chi connectivity index (χ2v) is 6.21. The van der Waals surface area contributed by atoms with Crippen molar-refractivity contribution in [2.24, 2.45) is 0 Å². The minimum Gasteiger partial charge on any atom is -0.291 e. The zero-order chi connectivity index (χ0) is 16.1. The maximum atomic E-state index is 13.6. The summed E-state index contributed by atoms with van der Waals surface area (Å²) in [4.78, 5) is 11.4. The van der Waals surface area contributed by atoms with Crippen molar-refractivity contribution in [3.05, 3.63) is 59.4 Å². The number of halogens is 1. The van der Waals surface area contributed by atoms with Gasteiger partial charge in [0.1, 0.15) is 11.6 Å². The highest BCUT2D eigenvalue weighted by Gasteiger charge is 2.23. The van der Waals surface area contributed by atoms with E-state index < -0.39 is 0 Å². The Kier molecular flexibility index (Phi) is 5.34. The van der Waals surface area contributed by atoms with Crippen molar-refractivity contribution in [2.45, 2.75) is 51.6 Å². The number of likely N-dealkylation sites (tertiary alicyclic amines) is 1. The average molecular weight is 313 g/mol. The van der Waals surface area contributed by atoms with Crippen LogP contribution >= 0.6 is 0 Å². The Hall–Kier alpha value is -1.81. The van der Waals surface area contributed by atoms with Gasteiger partial charge in [-0.2, -0.15) is 0 Å². The van der Waals surface area contributed by atoms with Crippen molar-refractivity contribution in [3.8, 4) is 0 Å². The van der Waals surface area contributed by atoms with Gasteiger partial charge in [-0.15, -0.1) is 0 Å². The molecule has 0 spiro atoms. The lowest BCUT2D eigenvalue weighted by Crippen LogP contribution is -2.28. The second kappa shape index (κ2) is 7.64. The van der Waals surface area contributed by atoms with E-state index in [0.29, 0.717) is 0 Å². The van der Waals surface area contributed by atoms with Crippen LogP contribution in [0.3, 0.4) is 0 Å². The van der Waals surface area contributed by atoms with Crippen molar-refractivity contribution >= 4 is 0 Å². The zero-order valence-electron chi connectivity index (χ0n) is 13.7. The molecule has 0 unspecified atom stereocenters. The number of hydrogen-bond acceptors (Lipinski definition) is 3. The van der Waals surface area contributed by atoms with E-state index in [1.807, 2.05) is 24.4 Å². The molecule has 1 aromatic carbocycles. The molecule has 23 heavy (non-hydrogen) atoms. The Bertz CT molecular complexity index is 644. The lowest BCUT2D eigenvalue weighted by molar-refractivity contribution is 0.189. The lowest BCUT2D eigenvalue weighted by Gasteiger charge is -2.30. The summed E-state index contributed by atoms with van der Waals surface area (Å²) < 4.78 is 13.6. The molecule has 1 fully saturated rings. The number of benzene rings is 1. The van der Waals surface area contributed by atoms with Gasteiger partial charge in [-0.3, -0.25) is 4.90 Å². The summed E-state index contributed by atoms with van der Waals surface area (Å²) in [6, 6.07) is 9.32. The minimum absolute atomic E-state index is 0.151. The topological polar surface area (TPSA) is 29.0 Å². The molecule has 1 aliphatic rings. The van der Waals surface area contributed by atoms with Crippen LogP contribution in [0.25, 0.3) is 0 Å². The van der Waals surface area contributed by atoms with E-state index in [0.717, 1.165) is 43.0 Å². The molecule has 0 saturated carbocycles. The first kappa shape index (κ1) is 16.1. The molecule has 2 heterocycles. The first-order chi connectivity index (χ1) is 11.3. The van der Waals surface area contributed by atoms with Crippen LogP contribution in [0.5, 0.6) is 0 Å². The third kappa shape index (κ3) is 4.14. The van der Waals surface area contributed by atoms with Crippen LogP contribution in [-0.2, 0) is 13.0 Å². The fraction of sp³-hybridized carbons (Fsp3) is 0.474. The number of rotatable bonds is 4. The van der Waals surface area contributed by atoms with Crippen LogP contribution in [-0.4, -0.2) is 21.4 Å². The van der Waals surface area contributed by atoms with Crippen molar-refractivity contribution in [2.75, 3.05) is 6.54 Å². The molecule has 0 N–H and O–H groups in total. The van der Waals surface area contributed by atoms with Gasteiger partial charge in [0.25, 0.3) is 0 Å². The number of hydrogen-bond donors (Lipinski definition) is 0. The van der Waals surface area contributed by atoms with Crippen LogP contribution < -0.4 is 0 Å². The van der Waals surface area contributed by atoms with Gasteiger partial charge < -0.3 is 0 Å². The summed E-state index contributed by atoms with van der Waals surface area (Å²) in [5, 5.41) is 0. The number of aryl methyl sites for hydroxylation is 1. The molecular formula is C19H24FN3. The SMILES string of the molecule is CCc1nccc(CN2CCCCC[C@H]2c2cccc(F)c2)n1. The summed E-state index contributed by atoms with van der Waals surface area (Å²) in [7, 11) is 0. The van der Waals surface area contributed by atoms with E-state index in [4.69, 9.17) is 0 Å². The van der Waals surface area contributed by atoms with Gasteiger partial charge in [0.2, 0.25) is 0 Å². The molecule has 122 valence electrons. The highest BCUT2D eigenvalue weighted by Crippen LogP contribution is 2.31. The standard InChI is InChI=1S/C19H24FN3/c1-2-19-21-11-10-17(22-19)14-23-12-5-3-4-9-18(23)15-7-6-8-16(20)13-15/h6-8,10-11,13,18H,2-5,9,12,14H2,1H3/t18-/m0/s1. The Labute approximate surface area is 137 Å². The summed E-state index contributed by atoms with van der Waals surface area (Å²) >= 11 is 0. The van der Waals surface area contributed by atoms with E-state index in [1.54, 1.807) is 6.07 Å². The fourth-order valence-corrected chi connectivity index (χ4v) is 3.36. The first-order valence-electron chi connectivity index (χ1n) is 8.56. The largest absolute Gasteiger partial charge is 0.291 e. The third-order valence-electron chi connectivity index (χ3n) is 4.54. The van der Waals surface area contributed by atoms with Crippen molar-refractivity contribution < 1.29 is 4.39 Å². The molecule has 0 aliphatic carbocycles. The molecule has 1 saturated heterocycles. The minimum atomic E-state index is -0.151. The van der Waals surface area contributed by atoms with Crippen molar-refractivity contribution in [1.82, 2.24) is 14.9 Å². The lowest BCUT2D eigenvalue weighted by atomic mass is 10.0. The highest BCUT2D eigenvalue weighted by molar-refractivity contribution is 5.21. The molecule has 0 bridgehead atoms. The van der Waals surface area contributed by atoms with E-state index in [-0.39, 0.29) is 11.9 Å². The van der Waals surface area contributed by atoms with E-state index >= 15 is 0 Å². The highest BCUT2D eigenvalue weighted by atomic mass is 19.1. The molecule has 3 rings (SSSR count). The summed E-state index contributed by atoms with van der Waals surface area (Å²) in [5.41, 5.74) is 2.14. The first-order valence-corrected chi connectivity index (χ1v) is 8.56. The molecule has 4 heteroatoms. The molecule has 1 atom stereocenters. The van der Waals surface area contributed by atoms with Gasteiger partial charge >= 0.3 is 0 Å². The van der Waals surface area contributed by atoms with Gasteiger partial charge in [-0.05, 0) is 43.1 Å². The van der Waals surface area contributed by atoms with E-state index in [9.17, 15) is 4.39 Å². The molecule has 1 aliphatic heterocycles. The summed E-state index contributed by atoms with van der Waals surface area (Å²) in [6.45, 7) is 3.91. The Morgan fingerprint density at radius 3 is 2.96 bits per heavy atom. The molecule has 3 nitrogen and oxygen atoms in total. The number of aromatic nitrogens is 2. The predicted molar refractivity (Wildman–Crippen MR) is 89.4 cm³/mol. The molecular weight excluding hydrogens is 289 g/mol. The normalized spacial score (nSPS) is 19.5. The molecule has 0 radical (unpaired) electrons.